The van der Waals surface area contributed by atoms with E-state index in [0.29, 0.717) is 6.54 Å². The van der Waals surface area contributed by atoms with Gasteiger partial charge >= 0.3 is 6.36 Å². The number of amides is 1. The Balaban J connectivity index is 1.59. The Hall–Kier alpha value is -2.54. The maximum Gasteiger partial charge on any atom is 0.573 e. The molecule has 1 saturated heterocycles. The molecule has 0 atom stereocenters. The fourth-order valence-electron chi connectivity index (χ4n) is 3.31. The zero-order valence-electron chi connectivity index (χ0n) is 14.8. The van der Waals surface area contributed by atoms with E-state index in [1.807, 2.05) is 18.2 Å². The summed E-state index contributed by atoms with van der Waals surface area (Å²) in [5, 5.41) is 2.84. The number of alkyl halides is 3. The largest absolute Gasteiger partial charge is 0.573 e. The number of halogens is 3. The standard InChI is InChI=1S/C20H21F3N2O2/c21-20(22,23)27-18-9-7-15(8-10-18)19(26)24-13-16-5-1-2-6-17(16)14-25-11-3-4-12-25/h1-2,5-10H,3-4,11-14H2,(H,24,26)/p+1. The lowest BCUT2D eigenvalue weighted by Crippen LogP contribution is -3.08. The molecule has 0 aromatic heterocycles. The van der Waals surface area contributed by atoms with Crippen LogP contribution in [0.2, 0.25) is 0 Å². The molecular formula is C20H22F3N2O2+. The molecular weight excluding hydrogens is 357 g/mol. The topological polar surface area (TPSA) is 42.8 Å². The van der Waals surface area contributed by atoms with Gasteiger partial charge in [0.25, 0.3) is 5.91 Å². The van der Waals surface area contributed by atoms with Gasteiger partial charge in [-0.05, 0) is 29.8 Å². The van der Waals surface area contributed by atoms with E-state index < -0.39 is 6.36 Å². The zero-order chi connectivity index (χ0) is 19.3. The van der Waals surface area contributed by atoms with Gasteiger partial charge in [-0.15, -0.1) is 13.2 Å². The summed E-state index contributed by atoms with van der Waals surface area (Å²) in [6, 6.07) is 12.9. The maximum absolute atomic E-state index is 12.3. The van der Waals surface area contributed by atoms with Crippen LogP contribution in [0.3, 0.4) is 0 Å². The first-order valence-corrected chi connectivity index (χ1v) is 8.95. The van der Waals surface area contributed by atoms with Crippen molar-refractivity contribution < 1.29 is 27.6 Å². The number of carbonyl (C=O) groups excluding carboxylic acids is 1. The molecule has 0 aliphatic carbocycles. The lowest BCUT2D eigenvalue weighted by atomic mass is 10.1. The fraction of sp³-hybridized carbons (Fsp3) is 0.350. The van der Waals surface area contributed by atoms with Crippen molar-refractivity contribution >= 4 is 5.91 Å². The molecule has 1 aliphatic heterocycles. The number of ether oxygens (including phenoxy) is 1. The van der Waals surface area contributed by atoms with Crippen LogP contribution < -0.4 is 15.0 Å². The zero-order valence-corrected chi connectivity index (χ0v) is 14.8. The van der Waals surface area contributed by atoms with Crippen LogP contribution >= 0.6 is 0 Å². The van der Waals surface area contributed by atoms with Gasteiger partial charge in [-0.25, -0.2) is 0 Å². The molecule has 1 heterocycles. The molecule has 0 saturated carbocycles. The van der Waals surface area contributed by atoms with E-state index in [4.69, 9.17) is 0 Å². The summed E-state index contributed by atoms with van der Waals surface area (Å²) in [7, 11) is 0. The molecule has 1 fully saturated rings. The van der Waals surface area contributed by atoms with Crippen molar-refractivity contribution in [2.75, 3.05) is 13.1 Å². The average molecular weight is 379 g/mol. The van der Waals surface area contributed by atoms with E-state index in [-0.39, 0.29) is 17.2 Å². The number of hydrogen-bond acceptors (Lipinski definition) is 2. The van der Waals surface area contributed by atoms with Gasteiger partial charge in [0.1, 0.15) is 12.3 Å². The fourth-order valence-corrected chi connectivity index (χ4v) is 3.31. The number of carbonyl (C=O) groups is 1. The highest BCUT2D eigenvalue weighted by molar-refractivity contribution is 5.94. The minimum atomic E-state index is -4.75. The van der Waals surface area contributed by atoms with Gasteiger partial charge in [-0.3, -0.25) is 4.79 Å². The SMILES string of the molecule is O=C(NCc1ccccc1C[NH+]1CCCC1)c1ccc(OC(F)(F)F)cc1. The van der Waals surface area contributed by atoms with E-state index >= 15 is 0 Å². The summed E-state index contributed by atoms with van der Waals surface area (Å²) in [4.78, 5) is 13.8. The number of nitrogens with one attached hydrogen (secondary N) is 2. The Morgan fingerprint density at radius 3 is 2.26 bits per heavy atom. The summed E-state index contributed by atoms with van der Waals surface area (Å²) in [6.07, 6.45) is -2.24. The van der Waals surface area contributed by atoms with Gasteiger partial charge in [-0.1, -0.05) is 24.3 Å². The Bertz CT molecular complexity index is 770. The van der Waals surface area contributed by atoms with E-state index in [1.165, 1.54) is 43.6 Å². The third-order valence-electron chi connectivity index (χ3n) is 4.66. The summed E-state index contributed by atoms with van der Waals surface area (Å²) in [5.74, 6) is -0.685. The van der Waals surface area contributed by atoms with E-state index in [1.54, 1.807) is 4.90 Å². The molecule has 3 rings (SSSR count). The molecule has 2 aromatic carbocycles. The Kier molecular flexibility index (Phi) is 6.01. The Morgan fingerprint density at radius 2 is 1.63 bits per heavy atom. The van der Waals surface area contributed by atoms with Crippen LogP contribution in [-0.2, 0) is 13.1 Å². The van der Waals surface area contributed by atoms with Gasteiger partial charge < -0.3 is 15.0 Å². The number of likely N-dealkylation sites (tertiary alicyclic amines) is 1. The van der Waals surface area contributed by atoms with Crippen molar-refractivity contribution in [2.24, 2.45) is 0 Å². The summed E-state index contributed by atoms with van der Waals surface area (Å²) >= 11 is 0. The normalized spacial score (nSPS) is 14.9. The molecule has 27 heavy (non-hydrogen) atoms. The average Bonchev–Trinajstić information content (AvgIpc) is 3.13. The molecule has 0 spiro atoms. The van der Waals surface area contributed by atoms with Gasteiger partial charge in [0.05, 0.1) is 13.1 Å². The number of quaternary nitrogens is 1. The summed E-state index contributed by atoms with van der Waals surface area (Å²) in [6.45, 7) is 3.67. The molecule has 7 heteroatoms. The van der Waals surface area contributed by atoms with Crippen LogP contribution in [0.1, 0.15) is 34.3 Å². The first kappa shape index (κ1) is 19.2. The molecule has 4 nitrogen and oxygen atoms in total. The number of hydrogen-bond donors (Lipinski definition) is 2. The predicted octanol–water partition coefficient (Wildman–Crippen LogP) is 2.69. The highest BCUT2D eigenvalue weighted by Gasteiger charge is 2.31. The molecule has 144 valence electrons. The summed E-state index contributed by atoms with van der Waals surface area (Å²) < 4.78 is 40.4. The summed E-state index contributed by atoms with van der Waals surface area (Å²) in [5.41, 5.74) is 2.55. The van der Waals surface area contributed by atoms with Gasteiger partial charge in [0.15, 0.2) is 0 Å². The predicted molar refractivity (Wildman–Crippen MR) is 94.4 cm³/mol. The second kappa shape index (κ2) is 8.43. The molecule has 1 aliphatic rings. The molecule has 1 amide bonds. The van der Waals surface area contributed by atoms with Crippen molar-refractivity contribution in [3.8, 4) is 5.75 Å². The van der Waals surface area contributed by atoms with Gasteiger partial charge in [0.2, 0.25) is 0 Å². The van der Waals surface area contributed by atoms with Crippen LogP contribution in [0, 0.1) is 0 Å². The van der Waals surface area contributed by atoms with Crippen molar-refractivity contribution in [2.45, 2.75) is 32.3 Å². The molecule has 2 N–H and O–H groups in total. The lowest BCUT2D eigenvalue weighted by molar-refractivity contribution is -0.901. The second-order valence-electron chi connectivity index (χ2n) is 6.66. The van der Waals surface area contributed by atoms with Crippen LogP contribution in [0.4, 0.5) is 13.2 Å². The van der Waals surface area contributed by atoms with Crippen LogP contribution in [0.15, 0.2) is 48.5 Å². The van der Waals surface area contributed by atoms with Crippen molar-refractivity contribution in [1.82, 2.24) is 5.32 Å². The van der Waals surface area contributed by atoms with Crippen molar-refractivity contribution in [3.63, 3.8) is 0 Å². The smallest absolute Gasteiger partial charge is 0.406 e. The molecule has 0 unspecified atom stereocenters. The van der Waals surface area contributed by atoms with E-state index in [0.717, 1.165) is 24.2 Å². The van der Waals surface area contributed by atoms with Crippen molar-refractivity contribution in [1.29, 1.82) is 0 Å². The van der Waals surface area contributed by atoms with Crippen LogP contribution in [0.5, 0.6) is 5.75 Å². The lowest BCUT2D eigenvalue weighted by Gasteiger charge is -2.15. The number of benzene rings is 2. The van der Waals surface area contributed by atoms with Gasteiger partial charge in [0, 0.05) is 30.5 Å². The quantitative estimate of drug-likeness (QED) is 0.811. The Morgan fingerprint density at radius 1 is 1.00 bits per heavy atom. The highest BCUT2D eigenvalue weighted by Crippen LogP contribution is 2.22. The minimum Gasteiger partial charge on any atom is -0.406 e. The van der Waals surface area contributed by atoms with Gasteiger partial charge in [-0.2, -0.15) is 0 Å². The Labute approximate surface area is 155 Å². The highest BCUT2D eigenvalue weighted by atomic mass is 19.4. The maximum atomic E-state index is 12.3. The van der Waals surface area contributed by atoms with E-state index in [2.05, 4.69) is 16.1 Å². The van der Waals surface area contributed by atoms with Crippen LogP contribution in [0.25, 0.3) is 0 Å². The number of rotatable bonds is 6. The second-order valence-corrected chi connectivity index (χ2v) is 6.66. The third kappa shape index (κ3) is 5.72. The first-order chi connectivity index (χ1) is 12.9. The molecule has 2 aromatic rings. The first-order valence-electron chi connectivity index (χ1n) is 8.95. The molecule has 0 bridgehead atoms. The minimum absolute atomic E-state index is 0.284. The molecule has 0 radical (unpaired) electrons. The monoisotopic (exact) mass is 379 g/mol. The van der Waals surface area contributed by atoms with Crippen LogP contribution in [-0.4, -0.2) is 25.4 Å². The third-order valence-corrected chi connectivity index (χ3v) is 4.66. The van der Waals surface area contributed by atoms with E-state index in [9.17, 15) is 18.0 Å². The van der Waals surface area contributed by atoms with Crippen molar-refractivity contribution in [3.05, 3.63) is 65.2 Å².